The molecule has 6 heteroatoms. The van der Waals surface area contributed by atoms with Gasteiger partial charge in [0.25, 0.3) is 5.56 Å². The zero-order valence-corrected chi connectivity index (χ0v) is 13.2. The molecule has 6 nitrogen and oxygen atoms in total. The molecule has 0 fully saturated rings. The summed E-state index contributed by atoms with van der Waals surface area (Å²) in [6.45, 7) is 5.47. The highest BCUT2D eigenvalue weighted by Crippen LogP contribution is 2.31. The summed E-state index contributed by atoms with van der Waals surface area (Å²) in [5.74, 6) is -1.20. The van der Waals surface area contributed by atoms with Gasteiger partial charge in [-0.1, -0.05) is 26.0 Å². The van der Waals surface area contributed by atoms with E-state index in [1.807, 2.05) is 18.2 Å². The van der Waals surface area contributed by atoms with E-state index in [-0.39, 0.29) is 40.6 Å². The molecule has 0 bridgehead atoms. The van der Waals surface area contributed by atoms with Gasteiger partial charge in [0.1, 0.15) is 17.0 Å². The molecule has 2 aromatic heterocycles. The summed E-state index contributed by atoms with van der Waals surface area (Å²) in [5, 5.41) is 10.5. The van der Waals surface area contributed by atoms with E-state index in [1.165, 1.54) is 4.40 Å². The van der Waals surface area contributed by atoms with E-state index in [0.717, 1.165) is 0 Å². The molecule has 2 N–H and O–H groups in total. The number of nitrogens with zero attached hydrogens (tertiary/aromatic N) is 1. The van der Waals surface area contributed by atoms with Gasteiger partial charge in [0, 0.05) is 0 Å². The van der Waals surface area contributed by atoms with Crippen LogP contribution in [-0.4, -0.2) is 27.1 Å². The van der Waals surface area contributed by atoms with Crippen LogP contribution in [0, 0.1) is 0 Å². The summed E-state index contributed by atoms with van der Waals surface area (Å²) in [5.41, 5.74) is 1.46. The molecule has 0 aliphatic heterocycles. The Bertz CT molecular complexity index is 966. The number of H-pyrrole nitrogens is 1. The SMILES string of the molecule is CCOC(=O)c1c(O)c(C(C)C)c(=O)n2c1[nH]c1ccccc12. The maximum Gasteiger partial charge on any atom is 0.345 e. The number of imidazole rings is 1. The summed E-state index contributed by atoms with van der Waals surface area (Å²) >= 11 is 0. The Hall–Kier alpha value is -2.76. The lowest BCUT2D eigenvalue weighted by Gasteiger charge is -2.13. The predicted molar refractivity (Wildman–Crippen MR) is 87.2 cm³/mol. The molecule has 0 aliphatic carbocycles. The van der Waals surface area contributed by atoms with Gasteiger partial charge in [0.15, 0.2) is 0 Å². The van der Waals surface area contributed by atoms with Crippen LogP contribution >= 0.6 is 0 Å². The number of nitrogens with one attached hydrogen (secondary N) is 1. The van der Waals surface area contributed by atoms with Crippen LogP contribution < -0.4 is 5.56 Å². The van der Waals surface area contributed by atoms with Gasteiger partial charge in [0.2, 0.25) is 0 Å². The number of aromatic hydroxyl groups is 1. The van der Waals surface area contributed by atoms with E-state index in [1.54, 1.807) is 26.8 Å². The summed E-state index contributed by atoms with van der Waals surface area (Å²) in [6, 6.07) is 7.24. The van der Waals surface area contributed by atoms with E-state index in [4.69, 9.17) is 4.74 Å². The smallest absolute Gasteiger partial charge is 0.345 e. The molecule has 0 spiro atoms. The molecule has 0 saturated heterocycles. The fourth-order valence-corrected chi connectivity index (χ4v) is 2.85. The fraction of sp³-hybridized carbons (Fsp3) is 0.294. The topological polar surface area (TPSA) is 83.8 Å². The Labute approximate surface area is 132 Å². The van der Waals surface area contributed by atoms with Gasteiger partial charge >= 0.3 is 5.97 Å². The molecule has 0 atom stereocenters. The van der Waals surface area contributed by atoms with Crippen LogP contribution in [0.2, 0.25) is 0 Å². The van der Waals surface area contributed by atoms with Crippen molar-refractivity contribution in [3.8, 4) is 5.75 Å². The molecule has 0 saturated carbocycles. The quantitative estimate of drug-likeness (QED) is 0.728. The number of benzene rings is 1. The number of ether oxygens (including phenoxy) is 1. The number of carbonyl (C=O) groups excluding carboxylic acids is 1. The second kappa shape index (κ2) is 5.46. The minimum absolute atomic E-state index is 0.00801. The predicted octanol–water partition coefficient (Wildman–Crippen LogP) is 2.79. The first-order valence-electron chi connectivity index (χ1n) is 7.52. The number of esters is 1. The van der Waals surface area contributed by atoms with Gasteiger partial charge in [-0.3, -0.25) is 9.20 Å². The number of pyridine rings is 1. The Balaban J connectivity index is 2.54. The van der Waals surface area contributed by atoms with Crippen molar-refractivity contribution in [1.29, 1.82) is 0 Å². The third kappa shape index (κ3) is 2.18. The first kappa shape index (κ1) is 15.1. The third-order valence-electron chi connectivity index (χ3n) is 3.84. The zero-order chi connectivity index (χ0) is 16.7. The van der Waals surface area contributed by atoms with Crippen LogP contribution in [0.25, 0.3) is 16.7 Å². The highest BCUT2D eigenvalue weighted by Gasteiger charge is 2.27. The Kier molecular flexibility index (Phi) is 3.60. The van der Waals surface area contributed by atoms with E-state index < -0.39 is 5.97 Å². The maximum atomic E-state index is 12.8. The normalized spacial score (nSPS) is 11.5. The minimum atomic E-state index is -0.657. The monoisotopic (exact) mass is 314 g/mol. The van der Waals surface area contributed by atoms with Crippen LogP contribution in [0.4, 0.5) is 0 Å². The van der Waals surface area contributed by atoms with Gasteiger partial charge in [-0.05, 0) is 25.0 Å². The number of aromatic nitrogens is 2. The van der Waals surface area contributed by atoms with Crippen molar-refractivity contribution in [2.24, 2.45) is 0 Å². The van der Waals surface area contributed by atoms with E-state index >= 15 is 0 Å². The standard InChI is InChI=1S/C17H18N2O4/c1-4-23-17(22)13-14(20)12(9(2)3)16(21)19-11-8-6-5-7-10(11)18-15(13)19/h5-9,18,20H,4H2,1-3H3. The van der Waals surface area contributed by atoms with Crippen molar-refractivity contribution >= 4 is 22.6 Å². The van der Waals surface area contributed by atoms with Gasteiger partial charge in [-0.25, -0.2) is 4.79 Å². The Morgan fingerprint density at radius 2 is 2.04 bits per heavy atom. The number of carbonyl (C=O) groups is 1. The van der Waals surface area contributed by atoms with E-state index in [9.17, 15) is 14.7 Å². The van der Waals surface area contributed by atoms with Crippen molar-refractivity contribution < 1.29 is 14.6 Å². The molecule has 0 amide bonds. The average Bonchev–Trinajstić information content (AvgIpc) is 2.86. The van der Waals surface area contributed by atoms with E-state index in [0.29, 0.717) is 11.0 Å². The van der Waals surface area contributed by atoms with Crippen molar-refractivity contribution in [3.05, 3.63) is 45.7 Å². The molecule has 0 unspecified atom stereocenters. The molecule has 2 heterocycles. The Morgan fingerprint density at radius 1 is 1.35 bits per heavy atom. The number of hydrogen-bond donors (Lipinski definition) is 2. The molecule has 0 radical (unpaired) electrons. The molecule has 23 heavy (non-hydrogen) atoms. The lowest BCUT2D eigenvalue weighted by Crippen LogP contribution is -2.22. The second-order valence-corrected chi connectivity index (χ2v) is 5.64. The van der Waals surface area contributed by atoms with Gasteiger partial charge in [0.05, 0.1) is 23.2 Å². The Morgan fingerprint density at radius 3 is 2.70 bits per heavy atom. The summed E-state index contributed by atoms with van der Waals surface area (Å²) in [6.07, 6.45) is 0. The summed E-state index contributed by atoms with van der Waals surface area (Å²) in [7, 11) is 0. The number of rotatable bonds is 3. The summed E-state index contributed by atoms with van der Waals surface area (Å²) < 4.78 is 6.48. The van der Waals surface area contributed by atoms with Crippen molar-refractivity contribution in [3.63, 3.8) is 0 Å². The number of fused-ring (bicyclic) bond motifs is 3. The first-order chi connectivity index (χ1) is 11.0. The van der Waals surface area contributed by atoms with Crippen LogP contribution in [-0.2, 0) is 4.74 Å². The van der Waals surface area contributed by atoms with Crippen LogP contribution in [0.1, 0.15) is 42.6 Å². The van der Waals surface area contributed by atoms with Crippen LogP contribution in [0.5, 0.6) is 5.75 Å². The zero-order valence-electron chi connectivity index (χ0n) is 13.2. The molecule has 3 aromatic rings. The van der Waals surface area contributed by atoms with Gasteiger partial charge in [-0.15, -0.1) is 0 Å². The van der Waals surface area contributed by atoms with Gasteiger partial charge in [-0.2, -0.15) is 0 Å². The maximum absolute atomic E-state index is 12.8. The first-order valence-corrected chi connectivity index (χ1v) is 7.52. The molecule has 120 valence electrons. The lowest BCUT2D eigenvalue weighted by molar-refractivity contribution is 0.0524. The largest absolute Gasteiger partial charge is 0.506 e. The second-order valence-electron chi connectivity index (χ2n) is 5.64. The van der Waals surface area contributed by atoms with Crippen LogP contribution in [0.3, 0.4) is 0 Å². The number of para-hydroxylation sites is 2. The average molecular weight is 314 g/mol. The lowest BCUT2D eigenvalue weighted by atomic mass is 10.0. The molecule has 0 aliphatic rings. The number of hydrogen-bond acceptors (Lipinski definition) is 4. The van der Waals surface area contributed by atoms with Crippen molar-refractivity contribution in [2.75, 3.05) is 6.61 Å². The van der Waals surface area contributed by atoms with E-state index in [2.05, 4.69) is 4.98 Å². The number of aromatic amines is 1. The minimum Gasteiger partial charge on any atom is -0.506 e. The van der Waals surface area contributed by atoms with Crippen molar-refractivity contribution in [1.82, 2.24) is 9.38 Å². The van der Waals surface area contributed by atoms with Gasteiger partial charge < -0.3 is 14.8 Å². The summed E-state index contributed by atoms with van der Waals surface area (Å²) in [4.78, 5) is 28.2. The van der Waals surface area contributed by atoms with Crippen LogP contribution in [0.15, 0.2) is 29.1 Å². The molecular weight excluding hydrogens is 296 g/mol. The highest BCUT2D eigenvalue weighted by atomic mass is 16.5. The molecule has 3 rings (SSSR count). The highest BCUT2D eigenvalue weighted by molar-refractivity contribution is 6.01. The fourth-order valence-electron chi connectivity index (χ4n) is 2.85. The van der Waals surface area contributed by atoms with Crippen molar-refractivity contribution in [2.45, 2.75) is 26.7 Å². The molecule has 1 aromatic carbocycles. The third-order valence-corrected chi connectivity index (χ3v) is 3.84. The molecular formula is C17H18N2O4.